The summed E-state index contributed by atoms with van der Waals surface area (Å²) in [6, 6.07) is 23.0. The van der Waals surface area contributed by atoms with Crippen molar-refractivity contribution in [2.75, 3.05) is 48.2 Å². The normalized spacial score (nSPS) is 14.3. The molecule has 0 saturated carbocycles. The quantitative estimate of drug-likeness (QED) is 0.331. The molecular formula is C28H30N6O3S. The topological polar surface area (TPSA) is 110 Å². The number of aromatic nitrogens is 2. The number of nitrogens with one attached hydrogen (secondary N) is 3. The van der Waals surface area contributed by atoms with Crippen LogP contribution in [0.3, 0.4) is 0 Å². The number of hydrogen-bond acceptors (Lipinski definition) is 6. The van der Waals surface area contributed by atoms with Gasteiger partial charge in [-0.2, -0.15) is 5.10 Å². The van der Waals surface area contributed by atoms with Crippen LogP contribution in [-0.4, -0.2) is 62.6 Å². The Bertz CT molecular complexity index is 1540. The van der Waals surface area contributed by atoms with Crippen LogP contribution in [0.2, 0.25) is 0 Å². The molecule has 0 bridgehead atoms. The van der Waals surface area contributed by atoms with Crippen LogP contribution in [0.5, 0.6) is 0 Å². The van der Waals surface area contributed by atoms with Crippen LogP contribution in [0.15, 0.2) is 83.8 Å². The third-order valence-electron chi connectivity index (χ3n) is 6.54. The van der Waals surface area contributed by atoms with E-state index in [4.69, 9.17) is 0 Å². The standard InChI is InChI=1S/C28H30N6O3S/c1-20-5-3-8-25(17-20)38(36,37)32-23-7-4-6-22(18-23)26-19-27(31-30-26)29-28(35)21-9-11-24(12-10-21)34-15-13-33(2)14-16-34/h3-12,17-19,32H,13-16H2,1-2H3,(H2,29,30,31,35). The van der Waals surface area contributed by atoms with E-state index in [1.165, 1.54) is 0 Å². The SMILES string of the molecule is Cc1cccc(S(=O)(=O)Nc2cccc(-c3cc(NC(=O)c4ccc(N5CCN(C)CC5)cc4)n[nH]3)c2)c1. The van der Waals surface area contributed by atoms with Gasteiger partial charge in [-0.3, -0.25) is 14.6 Å². The summed E-state index contributed by atoms with van der Waals surface area (Å²) in [4.78, 5) is 17.6. The molecule has 0 unspecified atom stereocenters. The minimum absolute atomic E-state index is 0.200. The maximum Gasteiger partial charge on any atom is 0.261 e. The number of sulfonamides is 1. The van der Waals surface area contributed by atoms with Crippen LogP contribution >= 0.6 is 0 Å². The fourth-order valence-corrected chi connectivity index (χ4v) is 5.51. The molecule has 3 aromatic carbocycles. The number of hydrogen-bond donors (Lipinski definition) is 3. The Labute approximate surface area is 222 Å². The number of piperazine rings is 1. The van der Waals surface area contributed by atoms with Crippen molar-refractivity contribution >= 4 is 33.1 Å². The van der Waals surface area contributed by atoms with Crippen LogP contribution < -0.4 is 14.9 Å². The molecule has 196 valence electrons. The third kappa shape index (κ3) is 5.87. The predicted molar refractivity (Wildman–Crippen MR) is 150 cm³/mol. The van der Waals surface area contributed by atoms with Gasteiger partial charge in [-0.05, 0) is 68.1 Å². The lowest BCUT2D eigenvalue weighted by Crippen LogP contribution is -2.44. The minimum atomic E-state index is -3.73. The minimum Gasteiger partial charge on any atom is -0.369 e. The summed E-state index contributed by atoms with van der Waals surface area (Å²) in [5.41, 5.74) is 4.29. The Morgan fingerprint density at radius 2 is 1.66 bits per heavy atom. The molecule has 9 nitrogen and oxygen atoms in total. The van der Waals surface area contributed by atoms with Crippen molar-refractivity contribution in [2.45, 2.75) is 11.8 Å². The van der Waals surface area contributed by atoms with Gasteiger partial charge < -0.3 is 15.1 Å². The van der Waals surface area contributed by atoms with E-state index in [2.05, 4.69) is 37.1 Å². The maximum atomic E-state index is 12.8. The van der Waals surface area contributed by atoms with E-state index in [0.717, 1.165) is 43.0 Å². The highest BCUT2D eigenvalue weighted by molar-refractivity contribution is 7.92. The Kier molecular flexibility index (Phi) is 7.17. The van der Waals surface area contributed by atoms with Crippen molar-refractivity contribution in [2.24, 2.45) is 0 Å². The molecule has 1 aliphatic heterocycles. The summed E-state index contributed by atoms with van der Waals surface area (Å²) >= 11 is 0. The molecule has 1 fully saturated rings. The van der Waals surface area contributed by atoms with Crippen LogP contribution in [0.4, 0.5) is 17.2 Å². The molecule has 1 amide bonds. The summed E-state index contributed by atoms with van der Waals surface area (Å²) in [6.07, 6.45) is 0. The third-order valence-corrected chi connectivity index (χ3v) is 7.92. The number of carbonyl (C=O) groups is 1. The summed E-state index contributed by atoms with van der Waals surface area (Å²) in [6.45, 7) is 5.81. The van der Waals surface area contributed by atoms with Crippen molar-refractivity contribution in [1.82, 2.24) is 15.1 Å². The molecule has 1 aliphatic rings. The van der Waals surface area contributed by atoms with E-state index < -0.39 is 10.0 Å². The number of aromatic amines is 1. The molecule has 4 aromatic rings. The van der Waals surface area contributed by atoms with Crippen LogP contribution in [0.25, 0.3) is 11.3 Å². The lowest BCUT2D eigenvalue weighted by Gasteiger charge is -2.34. The second kappa shape index (κ2) is 10.7. The maximum absolute atomic E-state index is 12.8. The smallest absolute Gasteiger partial charge is 0.261 e. The highest BCUT2D eigenvalue weighted by Crippen LogP contribution is 2.25. The number of carbonyl (C=O) groups excluding carboxylic acids is 1. The molecule has 38 heavy (non-hydrogen) atoms. The van der Waals surface area contributed by atoms with Gasteiger partial charge in [-0.1, -0.05) is 24.3 Å². The first kappa shape index (κ1) is 25.5. The van der Waals surface area contributed by atoms with E-state index in [1.54, 1.807) is 42.5 Å². The molecule has 3 N–H and O–H groups in total. The molecule has 0 atom stereocenters. The molecule has 0 spiro atoms. The second-order valence-electron chi connectivity index (χ2n) is 9.46. The summed E-state index contributed by atoms with van der Waals surface area (Å²) in [7, 11) is -1.61. The van der Waals surface area contributed by atoms with Gasteiger partial charge in [-0.15, -0.1) is 0 Å². The van der Waals surface area contributed by atoms with E-state index in [0.29, 0.717) is 22.8 Å². The highest BCUT2D eigenvalue weighted by Gasteiger charge is 2.17. The van der Waals surface area contributed by atoms with Crippen LogP contribution in [0, 0.1) is 6.92 Å². The number of H-pyrrole nitrogens is 1. The zero-order valence-electron chi connectivity index (χ0n) is 21.3. The number of rotatable bonds is 7. The number of amides is 1. The van der Waals surface area contributed by atoms with E-state index in [9.17, 15) is 13.2 Å². The monoisotopic (exact) mass is 530 g/mol. The van der Waals surface area contributed by atoms with Gasteiger partial charge >= 0.3 is 0 Å². The summed E-state index contributed by atoms with van der Waals surface area (Å²) < 4.78 is 28.2. The first-order valence-corrected chi connectivity index (χ1v) is 13.9. The average Bonchev–Trinajstić information content (AvgIpc) is 3.38. The predicted octanol–water partition coefficient (Wildman–Crippen LogP) is 4.19. The molecule has 2 heterocycles. The lowest BCUT2D eigenvalue weighted by molar-refractivity contribution is 0.102. The van der Waals surface area contributed by atoms with Crippen molar-refractivity contribution in [3.05, 3.63) is 90.0 Å². The molecular weight excluding hydrogens is 500 g/mol. The van der Waals surface area contributed by atoms with Crippen molar-refractivity contribution < 1.29 is 13.2 Å². The Balaban J connectivity index is 1.24. The van der Waals surface area contributed by atoms with Crippen molar-refractivity contribution in [3.8, 4) is 11.3 Å². The number of aryl methyl sites for hydroxylation is 1. The second-order valence-corrected chi connectivity index (χ2v) is 11.1. The van der Waals surface area contributed by atoms with E-state index in [1.807, 2.05) is 43.3 Å². The molecule has 5 rings (SSSR count). The first-order chi connectivity index (χ1) is 18.3. The molecule has 10 heteroatoms. The molecule has 1 saturated heterocycles. The Morgan fingerprint density at radius 3 is 2.39 bits per heavy atom. The van der Waals surface area contributed by atoms with Crippen molar-refractivity contribution in [3.63, 3.8) is 0 Å². The Hall–Kier alpha value is -4.15. The summed E-state index contributed by atoms with van der Waals surface area (Å²) in [5, 5.41) is 9.94. The lowest BCUT2D eigenvalue weighted by atomic mass is 10.1. The number of nitrogens with zero attached hydrogens (tertiary/aromatic N) is 3. The average molecular weight is 531 g/mol. The van der Waals surface area contributed by atoms with E-state index >= 15 is 0 Å². The largest absolute Gasteiger partial charge is 0.369 e. The molecule has 0 aliphatic carbocycles. The van der Waals surface area contributed by atoms with Gasteiger partial charge in [0.1, 0.15) is 0 Å². The van der Waals surface area contributed by atoms with Gasteiger partial charge in [-0.25, -0.2) is 8.42 Å². The number of anilines is 3. The highest BCUT2D eigenvalue weighted by atomic mass is 32.2. The zero-order valence-corrected chi connectivity index (χ0v) is 22.1. The van der Waals surface area contributed by atoms with Gasteiger partial charge in [0, 0.05) is 54.7 Å². The van der Waals surface area contributed by atoms with Gasteiger partial charge in [0.15, 0.2) is 5.82 Å². The van der Waals surface area contributed by atoms with Gasteiger partial charge in [0.2, 0.25) is 0 Å². The van der Waals surface area contributed by atoms with Crippen LogP contribution in [0.1, 0.15) is 15.9 Å². The first-order valence-electron chi connectivity index (χ1n) is 12.4. The van der Waals surface area contributed by atoms with Crippen molar-refractivity contribution in [1.29, 1.82) is 0 Å². The molecule has 0 radical (unpaired) electrons. The Morgan fingerprint density at radius 1 is 0.921 bits per heavy atom. The molecule has 1 aromatic heterocycles. The fraction of sp³-hybridized carbons (Fsp3) is 0.214. The van der Waals surface area contributed by atoms with Gasteiger partial charge in [0.05, 0.1) is 10.6 Å². The van der Waals surface area contributed by atoms with Crippen LogP contribution in [-0.2, 0) is 10.0 Å². The number of benzene rings is 3. The number of likely N-dealkylation sites (N-methyl/N-ethyl adjacent to an activating group) is 1. The van der Waals surface area contributed by atoms with E-state index in [-0.39, 0.29) is 10.8 Å². The zero-order chi connectivity index (χ0) is 26.7. The van der Waals surface area contributed by atoms with Gasteiger partial charge in [0.25, 0.3) is 15.9 Å². The summed E-state index contributed by atoms with van der Waals surface area (Å²) in [5.74, 6) is 0.117. The fourth-order valence-electron chi connectivity index (χ4n) is 4.36.